The molecule has 0 bridgehead atoms. The number of hydrogen-bond acceptors (Lipinski definition) is 11. The summed E-state index contributed by atoms with van der Waals surface area (Å²) < 4.78 is 19.1. The van der Waals surface area contributed by atoms with E-state index in [0.29, 0.717) is 5.01 Å². The van der Waals surface area contributed by atoms with Crippen LogP contribution in [0.1, 0.15) is 18.4 Å². The molecule has 3 heterocycles. The SMILES string of the molecule is CN[C@@H]1C2O[C@]3(O)C(OC2[C@@H](O)[C@H](NC)C1O)O[C@H](C)C[C@H]3NC(=O)Cc1nc2ccccc2s1. The first-order valence-electron chi connectivity index (χ1n) is 11.8. The summed E-state index contributed by atoms with van der Waals surface area (Å²) in [5, 5.41) is 42.8. The minimum Gasteiger partial charge on any atom is -0.390 e. The number of rotatable bonds is 5. The van der Waals surface area contributed by atoms with Crippen LogP contribution in [0.3, 0.4) is 0 Å². The van der Waals surface area contributed by atoms with Gasteiger partial charge in [0.1, 0.15) is 23.3 Å². The number of likely N-dealkylation sites (N-methyl/N-ethyl adjacent to an activating group) is 2. The normalized spacial score (nSPS) is 41.3. The van der Waals surface area contributed by atoms with Gasteiger partial charge in [0, 0.05) is 0 Å². The van der Waals surface area contributed by atoms with Gasteiger partial charge in [-0.3, -0.25) is 4.79 Å². The lowest BCUT2D eigenvalue weighted by Gasteiger charge is -2.58. The minimum atomic E-state index is -2.02. The molecule has 2 aromatic rings. The maximum atomic E-state index is 13.0. The van der Waals surface area contributed by atoms with Crippen molar-refractivity contribution in [3.63, 3.8) is 0 Å². The van der Waals surface area contributed by atoms with Gasteiger partial charge in [-0.05, 0) is 39.6 Å². The molecule has 192 valence electrons. The summed E-state index contributed by atoms with van der Waals surface area (Å²) in [6.07, 6.45) is -5.13. The molecule has 12 heteroatoms. The molecule has 10 atom stereocenters. The Kier molecular flexibility index (Phi) is 6.85. The lowest BCUT2D eigenvalue weighted by Crippen LogP contribution is -2.79. The van der Waals surface area contributed by atoms with Gasteiger partial charge in [-0.25, -0.2) is 4.98 Å². The third-order valence-electron chi connectivity index (χ3n) is 7.14. The van der Waals surface area contributed by atoms with Crippen molar-refractivity contribution >= 4 is 27.5 Å². The van der Waals surface area contributed by atoms with E-state index in [0.717, 1.165) is 10.2 Å². The van der Waals surface area contributed by atoms with E-state index < -0.39 is 54.6 Å². The van der Waals surface area contributed by atoms with Crippen LogP contribution in [0.2, 0.25) is 0 Å². The van der Waals surface area contributed by atoms with E-state index in [1.54, 1.807) is 14.1 Å². The van der Waals surface area contributed by atoms with Crippen molar-refractivity contribution < 1.29 is 34.3 Å². The molecule has 6 N–H and O–H groups in total. The highest BCUT2D eigenvalue weighted by atomic mass is 32.1. The molecule has 11 nitrogen and oxygen atoms in total. The van der Waals surface area contributed by atoms with Crippen molar-refractivity contribution in [2.45, 2.75) is 80.5 Å². The average molecular weight is 509 g/mol. The number of carbonyl (C=O) groups is 1. The van der Waals surface area contributed by atoms with Gasteiger partial charge in [-0.2, -0.15) is 0 Å². The Balaban J connectivity index is 1.36. The van der Waals surface area contributed by atoms with Crippen molar-refractivity contribution in [2.75, 3.05) is 14.1 Å². The Labute approximate surface area is 206 Å². The second-order valence-corrected chi connectivity index (χ2v) is 10.5. The summed E-state index contributed by atoms with van der Waals surface area (Å²) in [5.74, 6) is -2.33. The van der Waals surface area contributed by atoms with Crippen molar-refractivity contribution in [3.8, 4) is 0 Å². The number of aliphatic hydroxyl groups excluding tert-OH is 2. The molecule has 5 rings (SSSR count). The number of aromatic nitrogens is 1. The number of carbonyl (C=O) groups excluding carboxylic acids is 1. The number of fused-ring (bicyclic) bond motifs is 3. The summed E-state index contributed by atoms with van der Waals surface area (Å²) in [4.78, 5) is 17.5. The number of aliphatic hydroxyl groups is 3. The van der Waals surface area contributed by atoms with E-state index in [4.69, 9.17) is 14.2 Å². The van der Waals surface area contributed by atoms with Gasteiger partial charge in [-0.15, -0.1) is 11.3 Å². The zero-order valence-electron chi connectivity index (χ0n) is 19.7. The zero-order chi connectivity index (χ0) is 24.9. The second kappa shape index (κ2) is 9.61. The summed E-state index contributed by atoms with van der Waals surface area (Å²) in [6.45, 7) is 1.82. The van der Waals surface area contributed by atoms with Gasteiger partial charge in [0.25, 0.3) is 0 Å². The first-order chi connectivity index (χ1) is 16.7. The van der Waals surface area contributed by atoms with E-state index in [1.807, 2.05) is 31.2 Å². The summed E-state index contributed by atoms with van der Waals surface area (Å²) >= 11 is 1.45. The standard InChI is InChI=1S/C23H32N4O7S/c1-10-8-13(27-14(28)9-15-26-11-6-4-5-7-12(11)35-15)23(31)22(32-10)33-21-19(30)16(24-2)18(29)17(25-3)20(21)34-23/h4-7,10,13,16-22,24-25,29-31H,8-9H2,1-3H3,(H,27,28)/t10-,13-,16-,17+,18?,19+,20?,21?,22?,23+/m1/s1. The average Bonchev–Trinajstić information content (AvgIpc) is 3.22. The lowest BCUT2D eigenvalue weighted by atomic mass is 9.79. The Morgan fingerprint density at radius 1 is 1.14 bits per heavy atom. The Hall–Kier alpha value is -1.74. The number of amides is 1. The highest BCUT2D eigenvalue weighted by Crippen LogP contribution is 2.42. The van der Waals surface area contributed by atoms with Crippen LogP contribution in [-0.2, 0) is 25.4 Å². The predicted molar refractivity (Wildman–Crippen MR) is 127 cm³/mol. The lowest BCUT2D eigenvalue weighted by molar-refractivity contribution is -0.449. The molecule has 2 aliphatic heterocycles. The highest BCUT2D eigenvalue weighted by molar-refractivity contribution is 7.18. The second-order valence-electron chi connectivity index (χ2n) is 9.43. The molecule has 3 aliphatic rings. The quantitative estimate of drug-likeness (QED) is 0.292. The van der Waals surface area contributed by atoms with Gasteiger partial charge < -0.3 is 45.5 Å². The van der Waals surface area contributed by atoms with Crippen molar-refractivity contribution in [1.82, 2.24) is 20.9 Å². The van der Waals surface area contributed by atoms with Gasteiger partial charge in [-0.1, -0.05) is 12.1 Å². The van der Waals surface area contributed by atoms with Crippen LogP contribution in [0.25, 0.3) is 10.2 Å². The Morgan fingerprint density at radius 3 is 2.60 bits per heavy atom. The maximum Gasteiger partial charge on any atom is 0.239 e. The smallest absolute Gasteiger partial charge is 0.239 e. The summed E-state index contributed by atoms with van der Waals surface area (Å²) in [5.41, 5.74) is 0.834. The van der Waals surface area contributed by atoms with E-state index in [1.165, 1.54) is 11.3 Å². The molecule has 1 aliphatic carbocycles. The Bertz CT molecular complexity index is 1040. The minimum absolute atomic E-state index is 0.0547. The molecule has 0 spiro atoms. The van der Waals surface area contributed by atoms with E-state index in [-0.39, 0.29) is 24.9 Å². The fourth-order valence-corrected chi connectivity index (χ4v) is 6.36. The van der Waals surface area contributed by atoms with Crippen LogP contribution in [0.15, 0.2) is 24.3 Å². The van der Waals surface area contributed by atoms with Crippen LogP contribution in [0.5, 0.6) is 0 Å². The topological polar surface area (TPSA) is 154 Å². The Morgan fingerprint density at radius 2 is 1.89 bits per heavy atom. The summed E-state index contributed by atoms with van der Waals surface area (Å²) in [7, 11) is 3.30. The van der Waals surface area contributed by atoms with E-state index in [9.17, 15) is 20.1 Å². The third-order valence-corrected chi connectivity index (χ3v) is 8.17. The molecule has 1 aromatic carbocycles. The highest BCUT2D eigenvalue weighted by Gasteiger charge is 2.63. The van der Waals surface area contributed by atoms with Crippen LogP contribution >= 0.6 is 11.3 Å². The van der Waals surface area contributed by atoms with Crippen molar-refractivity contribution in [2.24, 2.45) is 0 Å². The monoisotopic (exact) mass is 508 g/mol. The molecule has 1 amide bonds. The third kappa shape index (κ3) is 4.37. The largest absolute Gasteiger partial charge is 0.390 e. The van der Waals surface area contributed by atoms with Gasteiger partial charge in [0.15, 0.2) is 0 Å². The molecule has 1 saturated carbocycles. The molecule has 4 unspecified atom stereocenters. The fourth-order valence-electron chi connectivity index (χ4n) is 5.40. The first-order valence-corrected chi connectivity index (χ1v) is 12.6. The van der Waals surface area contributed by atoms with Gasteiger partial charge >= 0.3 is 0 Å². The van der Waals surface area contributed by atoms with Crippen LogP contribution in [0.4, 0.5) is 0 Å². The number of benzene rings is 1. The zero-order valence-corrected chi connectivity index (χ0v) is 20.6. The number of ether oxygens (including phenoxy) is 3. The van der Waals surface area contributed by atoms with E-state index >= 15 is 0 Å². The van der Waals surface area contributed by atoms with Crippen LogP contribution < -0.4 is 16.0 Å². The van der Waals surface area contributed by atoms with Gasteiger partial charge in [0.2, 0.25) is 18.0 Å². The number of thiazole rings is 1. The molecule has 35 heavy (non-hydrogen) atoms. The fraction of sp³-hybridized carbons (Fsp3) is 0.652. The number of nitrogens with one attached hydrogen (secondary N) is 3. The summed E-state index contributed by atoms with van der Waals surface area (Å²) in [6, 6.07) is 5.51. The molecule has 2 saturated heterocycles. The molecule has 0 radical (unpaired) electrons. The maximum absolute atomic E-state index is 13.0. The van der Waals surface area contributed by atoms with Crippen LogP contribution in [-0.4, -0.2) is 101 Å². The van der Waals surface area contributed by atoms with Crippen LogP contribution in [0, 0.1) is 0 Å². The number of hydrogen-bond donors (Lipinski definition) is 6. The molecule has 3 fully saturated rings. The van der Waals surface area contributed by atoms with Crippen molar-refractivity contribution in [3.05, 3.63) is 29.3 Å². The number of para-hydroxylation sites is 1. The predicted octanol–water partition coefficient (Wildman–Crippen LogP) is -1.16. The van der Waals surface area contributed by atoms with E-state index in [2.05, 4.69) is 20.9 Å². The van der Waals surface area contributed by atoms with Gasteiger partial charge in [0.05, 0.1) is 47.0 Å². The first kappa shape index (κ1) is 24.9. The molecular weight excluding hydrogens is 476 g/mol. The van der Waals surface area contributed by atoms with Crippen molar-refractivity contribution in [1.29, 1.82) is 0 Å². The molecule has 1 aromatic heterocycles. The number of nitrogens with zero attached hydrogens (tertiary/aromatic N) is 1. The molecular formula is C23H32N4O7S.